The maximum absolute atomic E-state index is 8.99. The molecule has 0 saturated heterocycles. The van der Waals surface area contributed by atoms with E-state index >= 15 is 0 Å². The van der Waals surface area contributed by atoms with Crippen molar-refractivity contribution in [3.8, 4) is 6.07 Å². The Hall–Kier alpha value is -1.37. The first kappa shape index (κ1) is 13.6. The highest BCUT2D eigenvalue weighted by atomic mass is 16.4. The number of rotatable bonds is 0. The zero-order valence-corrected chi connectivity index (χ0v) is 9.97. The number of benzene rings is 1. The summed E-state index contributed by atoms with van der Waals surface area (Å²) in [7, 11) is 0. The molecule has 1 aromatic carbocycles. The third-order valence-electron chi connectivity index (χ3n) is 3.11. The summed E-state index contributed by atoms with van der Waals surface area (Å²) in [6, 6.07) is 2.27. The van der Waals surface area contributed by atoms with E-state index in [1.807, 2.05) is 13.8 Å². The van der Waals surface area contributed by atoms with Gasteiger partial charge in [-0.3, -0.25) is 0 Å². The Morgan fingerprint density at radius 3 is 1.33 bits per heavy atom. The van der Waals surface area contributed by atoms with Crippen LogP contribution < -0.4 is 5.90 Å². The first-order valence-electron chi connectivity index (χ1n) is 4.73. The molecule has 0 saturated carbocycles. The lowest BCUT2D eigenvalue weighted by atomic mass is 9.90. The van der Waals surface area contributed by atoms with E-state index in [1.54, 1.807) is 0 Å². The Labute approximate surface area is 91.1 Å². The van der Waals surface area contributed by atoms with Gasteiger partial charge < -0.3 is 5.21 Å². The molecule has 0 aliphatic heterocycles. The first-order valence-corrected chi connectivity index (χ1v) is 4.73. The smallest absolute Gasteiger partial charge is 0.0997 e. The van der Waals surface area contributed by atoms with Gasteiger partial charge in [-0.15, -0.1) is 0 Å². The van der Waals surface area contributed by atoms with Crippen LogP contribution in [-0.2, 0) is 0 Å². The summed E-state index contributed by atoms with van der Waals surface area (Å²) in [6.07, 6.45) is 0. The number of nitriles is 1. The van der Waals surface area contributed by atoms with Crippen LogP contribution in [0, 0.1) is 45.9 Å². The van der Waals surface area contributed by atoms with Crippen LogP contribution in [0.3, 0.4) is 0 Å². The largest absolute Gasteiger partial charge is 0.320 e. The molecule has 0 spiro atoms. The van der Waals surface area contributed by atoms with E-state index in [0.717, 1.165) is 16.7 Å². The summed E-state index contributed by atoms with van der Waals surface area (Å²) in [5.41, 5.74) is 6.92. The quantitative estimate of drug-likeness (QED) is 0.640. The lowest BCUT2D eigenvalue weighted by Crippen LogP contribution is -1.99. The van der Waals surface area contributed by atoms with Crippen LogP contribution in [0.25, 0.3) is 0 Å². The maximum Gasteiger partial charge on any atom is 0.0997 e. The maximum atomic E-state index is 8.99. The van der Waals surface area contributed by atoms with Crippen molar-refractivity contribution in [1.82, 2.24) is 0 Å². The predicted octanol–water partition coefficient (Wildman–Crippen LogP) is 2.43. The molecule has 0 aromatic heterocycles. The second kappa shape index (κ2) is 5.50. The molecule has 3 N–H and O–H groups in total. The molecule has 1 rings (SSSR count). The third kappa shape index (κ3) is 2.35. The molecule has 0 bridgehead atoms. The van der Waals surface area contributed by atoms with Crippen molar-refractivity contribution in [2.75, 3.05) is 0 Å². The lowest BCUT2D eigenvalue weighted by molar-refractivity contribution is 0.311. The van der Waals surface area contributed by atoms with Gasteiger partial charge in [-0.2, -0.15) is 5.26 Å². The van der Waals surface area contributed by atoms with Crippen molar-refractivity contribution < 1.29 is 5.21 Å². The van der Waals surface area contributed by atoms with E-state index in [2.05, 4.69) is 32.7 Å². The molecule has 3 nitrogen and oxygen atoms in total. The average molecular weight is 206 g/mol. The number of hydrogen-bond acceptors (Lipinski definition) is 3. The van der Waals surface area contributed by atoms with Crippen LogP contribution in [0.15, 0.2) is 0 Å². The van der Waals surface area contributed by atoms with Gasteiger partial charge in [0, 0.05) is 0 Å². The molecular formula is C12H18N2O. The van der Waals surface area contributed by atoms with Crippen LogP contribution in [-0.4, -0.2) is 5.21 Å². The van der Waals surface area contributed by atoms with Crippen molar-refractivity contribution in [2.24, 2.45) is 5.90 Å². The summed E-state index contributed by atoms with van der Waals surface area (Å²) < 4.78 is 0. The molecule has 0 aliphatic rings. The highest BCUT2D eigenvalue weighted by molar-refractivity contribution is 5.54. The van der Waals surface area contributed by atoms with Crippen molar-refractivity contribution in [2.45, 2.75) is 34.6 Å². The minimum Gasteiger partial charge on any atom is -0.320 e. The number of hydrogen-bond donors (Lipinski definition) is 2. The summed E-state index contributed by atoms with van der Waals surface area (Å²) in [4.78, 5) is 0. The molecule has 0 unspecified atom stereocenters. The second-order valence-electron chi connectivity index (χ2n) is 3.61. The summed E-state index contributed by atoms with van der Waals surface area (Å²) in [6.45, 7) is 10.3. The van der Waals surface area contributed by atoms with E-state index in [9.17, 15) is 0 Å². The standard InChI is InChI=1S/C12H15N.H3NO/c1-7-8(2)10(4)12(6-13)11(5)9(7)3;1-2/h1-5H3;2H,1H2. The van der Waals surface area contributed by atoms with E-state index in [0.29, 0.717) is 0 Å². The number of nitrogens with two attached hydrogens (primary N) is 1. The van der Waals surface area contributed by atoms with E-state index in [1.165, 1.54) is 16.7 Å². The molecule has 82 valence electrons. The van der Waals surface area contributed by atoms with Gasteiger partial charge in [-0.1, -0.05) is 0 Å². The zero-order valence-electron chi connectivity index (χ0n) is 9.97. The molecule has 15 heavy (non-hydrogen) atoms. The fourth-order valence-corrected chi connectivity index (χ4v) is 1.67. The topological polar surface area (TPSA) is 70.0 Å². The number of nitrogens with zero attached hydrogens (tertiary/aromatic N) is 1. The Morgan fingerprint density at radius 2 is 1.07 bits per heavy atom. The Kier molecular flexibility index (Phi) is 4.99. The van der Waals surface area contributed by atoms with Gasteiger partial charge in [0.25, 0.3) is 0 Å². The van der Waals surface area contributed by atoms with Crippen molar-refractivity contribution in [3.63, 3.8) is 0 Å². The van der Waals surface area contributed by atoms with Crippen molar-refractivity contribution in [3.05, 3.63) is 33.4 Å². The van der Waals surface area contributed by atoms with Gasteiger partial charge in [0.15, 0.2) is 0 Å². The molecule has 0 atom stereocenters. The molecule has 0 fully saturated rings. The first-order chi connectivity index (χ1) is 7.00. The highest BCUT2D eigenvalue weighted by Crippen LogP contribution is 2.24. The van der Waals surface area contributed by atoms with E-state index in [-0.39, 0.29) is 0 Å². The summed E-state index contributed by atoms with van der Waals surface area (Å²) in [5, 5.41) is 15.5. The molecule has 3 heteroatoms. The fourth-order valence-electron chi connectivity index (χ4n) is 1.67. The van der Waals surface area contributed by atoms with Gasteiger partial charge >= 0.3 is 0 Å². The second-order valence-corrected chi connectivity index (χ2v) is 3.61. The Bertz CT molecular complexity index is 374. The van der Waals surface area contributed by atoms with E-state index in [4.69, 9.17) is 10.5 Å². The monoisotopic (exact) mass is 206 g/mol. The predicted molar refractivity (Wildman–Crippen MR) is 60.8 cm³/mol. The van der Waals surface area contributed by atoms with Gasteiger partial charge in [-0.05, 0) is 62.4 Å². The highest BCUT2D eigenvalue weighted by Gasteiger charge is 2.10. The van der Waals surface area contributed by atoms with Crippen molar-refractivity contribution >= 4 is 0 Å². The Balaban J connectivity index is 0.000000921. The molecule has 0 amide bonds. The van der Waals surface area contributed by atoms with Gasteiger partial charge in [-0.25, -0.2) is 5.90 Å². The SMILES string of the molecule is Cc1c(C)c(C)c(C#N)c(C)c1C.NO. The zero-order chi connectivity index (χ0) is 12.2. The van der Waals surface area contributed by atoms with Crippen LogP contribution in [0.1, 0.15) is 33.4 Å². The van der Waals surface area contributed by atoms with Crippen LogP contribution in [0.5, 0.6) is 0 Å². The van der Waals surface area contributed by atoms with E-state index < -0.39 is 0 Å². The molecule has 0 aliphatic carbocycles. The van der Waals surface area contributed by atoms with Crippen LogP contribution in [0.4, 0.5) is 0 Å². The minimum atomic E-state index is 0.848. The van der Waals surface area contributed by atoms with Gasteiger partial charge in [0.1, 0.15) is 0 Å². The lowest BCUT2D eigenvalue weighted by Gasteiger charge is -2.13. The van der Waals surface area contributed by atoms with Gasteiger partial charge in [0.05, 0.1) is 11.6 Å². The molecule has 0 radical (unpaired) electrons. The van der Waals surface area contributed by atoms with Gasteiger partial charge in [0.2, 0.25) is 0 Å². The van der Waals surface area contributed by atoms with Crippen LogP contribution >= 0.6 is 0 Å². The minimum absolute atomic E-state index is 0.848. The summed E-state index contributed by atoms with van der Waals surface area (Å²) >= 11 is 0. The van der Waals surface area contributed by atoms with Crippen molar-refractivity contribution in [1.29, 1.82) is 5.26 Å². The Morgan fingerprint density at radius 1 is 0.800 bits per heavy atom. The normalized spacial score (nSPS) is 8.93. The third-order valence-corrected chi connectivity index (χ3v) is 3.11. The summed E-state index contributed by atoms with van der Waals surface area (Å²) in [5.74, 6) is 3.50. The molecule has 1 aromatic rings. The fraction of sp³-hybridized carbons (Fsp3) is 0.417. The molecule has 0 heterocycles. The van der Waals surface area contributed by atoms with Crippen LogP contribution in [0.2, 0.25) is 0 Å². The molecular weight excluding hydrogens is 188 g/mol. The average Bonchev–Trinajstić information content (AvgIpc) is 2.27.